The van der Waals surface area contributed by atoms with Crippen LogP contribution in [0.4, 0.5) is 0 Å². The standard InChI is InChI=1S/C18H23N3O4/c1-24-15-13-21(14-9-5-3-6-10-14)20-17(15)18(23)19-12-8-4-7-11-16(22)25-2/h3,5-6,9-10,13H,4,7-8,11-12H2,1-2H3,(H,19,23). The molecule has 0 atom stereocenters. The largest absolute Gasteiger partial charge is 0.493 e. The van der Waals surface area contributed by atoms with E-state index in [2.05, 4.69) is 15.2 Å². The fraction of sp³-hybridized carbons (Fsp3) is 0.389. The number of nitrogens with one attached hydrogen (secondary N) is 1. The number of methoxy groups -OCH3 is 2. The monoisotopic (exact) mass is 345 g/mol. The van der Waals surface area contributed by atoms with Gasteiger partial charge in [0.15, 0.2) is 11.4 Å². The summed E-state index contributed by atoms with van der Waals surface area (Å²) in [7, 11) is 2.89. The fourth-order valence-corrected chi connectivity index (χ4v) is 2.34. The zero-order chi connectivity index (χ0) is 18.1. The van der Waals surface area contributed by atoms with Gasteiger partial charge >= 0.3 is 5.97 Å². The van der Waals surface area contributed by atoms with Crippen LogP contribution in [0.2, 0.25) is 0 Å². The van der Waals surface area contributed by atoms with E-state index in [4.69, 9.17) is 4.74 Å². The highest BCUT2D eigenvalue weighted by atomic mass is 16.5. The van der Waals surface area contributed by atoms with Gasteiger partial charge in [0, 0.05) is 13.0 Å². The number of carbonyl (C=O) groups is 2. The van der Waals surface area contributed by atoms with E-state index in [1.807, 2.05) is 30.3 Å². The molecule has 7 nitrogen and oxygen atoms in total. The van der Waals surface area contributed by atoms with Crippen LogP contribution >= 0.6 is 0 Å². The van der Waals surface area contributed by atoms with Crippen molar-refractivity contribution in [3.05, 3.63) is 42.2 Å². The molecular formula is C18H23N3O4. The molecule has 1 amide bonds. The number of rotatable bonds is 9. The Labute approximate surface area is 146 Å². The van der Waals surface area contributed by atoms with E-state index in [1.54, 1.807) is 10.9 Å². The Morgan fingerprint density at radius 3 is 2.56 bits per heavy atom. The summed E-state index contributed by atoms with van der Waals surface area (Å²) >= 11 is 0. The van der Waals surface area contributed by atoms with Crippen molar-refractivity contribution in [2.45, 2.75) is 25.7 Å². The van der Waals surface area contributed by atoms with Gasteiger partial charge in [-0.15, -0.1) is 0 Å². The lowest BCUT2D eigenvalue weighted by molar-refractivity contribution is -0.140. The minimum Gasteiger partial charge on any atom is -0.493 e. The first-order chi connectivity index (χ1) is 12.2. The third-order valence-corrected chi connectivity index (χ3v) is 3.71. The third-order valence-electron chi connectivity index (χ3n) is 3.71. The van der Waals surface area contributed by atoms with Crippen LogP contribution in [0.5, 0.6) is 5.75 Å². The van der Waals surface area contributed by atoms with Crippen LogP contribution < -0.4 is 10.1 Å². The minimum absolute atomic E-state index is 0.208. The molecule has 0 saturated carbocycles. The number of aromatic nitrogens is 2. The van der Waals surface area contributed by atoms with Gasteiger partial charge in [0.2, 0.25) is 0 Å². The minimum atomic E-state index is -0.278. The van der Waals surface area contributed by atoms with Gasteiger partial charge in [0.25, 0.3) is 5.91 Å². The lowest BCUT2D eigenvalue weighted by Crippen LogP contribution is -2.25. The number of esters is 1. The van der Waals surface area contributed by atoms with Gasteiger partial charge in [-0.3, -0.25) is 9.59 Å². The molecule has 2 aromatic rings. The molecule has 0 aliphatic heterocycles. The zero-order valence-electron chi connectivity index (χ0n) is 14.5. The molecule has 0 unspecified atom stereocenters. The molecule has 0 bridgehead atoms. The van der Waals surface area contributed by atoms with Crippen molar-refractivity contribution in [3.63, 3.8) is 0 Å². The first kappa shape index (κ1) is 18.5. The Hall–Kier alpha value is -2.83. The topological polar surface area (TPSA) is 82.5 Å². The Kier molecular flexibility index (Phi) is 7.00. The van der Waals surface area contributed by atoms with Crippen LogP contribution in [-0.2, 0) is 9.53 Å². The average Bonchev–Trinajstić information content (AvgIpc) is 3.09. The molecule has 25 heavy (non-hydrogen) atoms. The first-order valence-corrected chi connectivity index (χ1v) is 8.19. The highest BCUT2D eigenvalue weighted by Gasteiger charge is 2.17. The molecule has 0 spiro atoms. The zero-order valence-corrected chi connectivity index (χ0v) is 14.5. The van der Waals surface area contributed by atoms with Crippen LogP contribution in [0.1, 0.15) is 36.2 Å². The van der Waals surface area contributed by atoms with Gasteiger partial charge in [0.05, 0.1) is 26.1 Å². The van der Waals surface area contributed by atoms with Crippen molar-refractivity contribution >= 4 is 11.9 Å². The molecule has 2 rings (SSSR count). The molecule has 1 heterocycles. The maximum Gasteiger partial charge on any atom is 0.305 e. The molecule has 0 radical (unpaired) electrons. The summed E-state index contributed by atoms with van der Waals surface area (Å²) < 4.78 is 11.5. The smallest absolute Gasteiger partial charge is 0.305 e. The number of hydrogen-bond acceptors (Lipinski definition) is 5. The molecule has 1 aromatic heterocycles. The number of hydrogen-bond donors (Lipinski definition) is 1. The predicted octanol–water partition coefficient (Wildman–Crippen LogP) is 2.34. The number of carbonyl (C=O) groups excluding carboxylic acids is 2. The van der Waals surface area contributed by atoms with Crippen LogP contribution in [0, 0.1) is 0 Å². The summed E-state index contributed by atoms with van der Waals surface area (Å²) in [5.74, 6) is -0.0632. The summed E-state index contributed by atoms with van der Waals surface area (Å²) in [6.07, 6.45) is 4.45. The van der Waals surface area contributed by atoms with Crippen LogP contribution in [0.3, 0.4) is 0 Å². The average molecular weight is 345 g/mol. The van der Waals surface area contributed by atoms with Crippen molar-refractivity contribution in [1.82, 2.24) is 15.1 Å². The van der Waals surface area contributed by atoms with E-state index in [1.165, 1.54) is 14.2 Å². The lowest BCUT2D eigenvalue weighted by atomic mass is 10.2. The molecule has 134 valence electrons. The Morgan fingerprint density at radius 1 is 1.12 bits per heavy atom. The number of nitrogens with zero attached hydrogens (tertiary/aromatic N) is 2. The van der Waals surface area contributed by atoms with E-state index in [-0.39, 0.29) is 17.6 Å². The SMILES string of the molecule is COC(=O)CCCCCNC(=O)c1nn(-c2ccccc2)cc1OC. The van der Waals surface area contributed by atoms with E-state index < -0.39 is 0 Å². The number of amides is 1. The summed E-state index contributed by atoms with van der Waals surface area (Å²) in [5, 5.41) is 7.15. The quantitative estimate of drug-likeness (QED) is 0.557. The van der Waals surface area contributed by atoms with Crippen molar-refractivity contribution in [2.24, 2.45) is 0 Å². The molecule has 0 saturated heterocycles. The maximum absolute atomic E-state index is 12.3. The van der Waals surface area contributed by atoms with Gasteiger partial charge in [-0.1, -0.05) is 24.6 Å². The number of para-hydroxylation sites is 1. The van der Waals surface area contributed by atoms with Gasteiger partial charge in [0.1, 0.15) is 0 Å². The van der Waals surface area contributed by atoms with Crippen LogP contribution in [0.25, 0.3) is 5.69 Å². The summed E-state index contributed by atoms with van der Waals surface area (Å²) in [6.45, 7) is 0.515. The van der Waals surface area contributed by atoms with Gasteiger partial charge in [-0.2, -0.15) is 5.10 Å². The second-order valence-corrected chi connectivity index (χ2v) is 5.47. The maximum atomic E-state index is 12.3. The van der Waals surface area contributed by atoms with Gasteiger partial charge in [-0.25, -0.2) is 4.68 Å². The van der Waals surface area contributed by atoms with Crippen molar-refractivity contribution in [2.75, 3.05) is 20.8 Å². The van der Waals surface area contributed by atoms with E-state index in [0.717, 1.165) is 24.9 Å². The molecule has 1 N–H and O–H groups in total. The molecule has 0 fully saturated rings. The number of ether oxygens (including phenoxy) is 2. The normalized spacial score (nSPS) is 10.3. The second-order valence-electron chi connectivity index (χ2n) is 5.47. The van der Waals surface area contributed by atoms with Crippen molar-refractivity contribution in [1.29, 1.82) is 0 Å². The van der Waals surface area contributed by atoms with E-state index in [0.29, 0.717) is 18.7 Å². The van der Waals surface area contributed by atoms with E-state index >= 15 is 0 Å². The predicted molar refractivity (Wildman–Crippen MR) is 92.9 cm³/mol. The van der Waals surface area contributed by atoms with E-state index in [9.17, 15) is 9.59 Å². The second kappa shape index (κ2) is 9.46. The molecule has 7 heteroatoms. The third kappa shape index (κ3) is 5.34. The Balaban J connectivity index is 1.87. The van der Waals surface area contributed by atoms with Crippen molar-refractivity contribution in [3.8, 4) is 11.4 Å². The molecule has 0 aliphatic carbocycles. The van der Waals surface area contributed by atoms with Gasteiger partial charge in [-0.05, 0) is 25.0 Å². The summed E-state index contributed by atoms with van der Waals surface area (Å²) in [5.41, 5.74) is 1.10. The summed E-state index contributed by atoms with van der Waals surface area (Å²) in [6, 6.07) is 9.51. The molecule has 1 aromatic carbocycles. The summed E-state index contributed by atoms with van der Waals surface area (Å²) in [4.78, 5) is 23.3. The highest BCUT2D eigenvalue weighted by Crippen LogP contribution is 2.19. The Morgan fingerprint density at radius 2 is 1.88 bits per heavy atom. The fourth-order valence-electron chi connectivity index (χ4n) is 2.34. The lowest BCUT2D eigenvalue weighted by Gasteiger charge is -2.04. The highest BCUT2D eigenvalue weighted by molar-refractivity contribution is 5.94. The van der Waals surface area contributed by atoms with Crippen LogP contribution in [0.15, 0.2) is 36.5 Å². The van der Waals surface area contributed by atoms with Crippen LogP contribution in [-0.4, -0.2) is 42.4 Å². The Bertz CT molecular complexity index is 698. The van der Waals surface area contributed by atoms with Gasteiger partial charge < -0.3 is 14.8 Å². The van der Waals surface area contributed by atoms with Crippen molar-refractivity contribution < 1.29 is 19.1 Å². The first-order valence-electron chi connectivity index (χ1n) is 8.19. The number of benzene rings is 1. The number of unbranched alkanes of at least 4 members (excludes halogenated alkanes) is 2. The molecule has 0 aliphatic rings. The molecular weight excluding hydrogens is 322 g/mol.